The fourth-order valence-corrected chi connectivity index (χ4v) is 2.05. The van der Waals surface area contributed by atoms with E-state index in [-0.39, 0.29) is 0 Å². The van der Waals surface area contributed by atoms with E-state index in [1.54, 1.807) is 18.3 Å². The van der Waals surface area contributed by atoms with Crippen molar-refractivity contribution in [2.75, 3.05) is 7.11 Å². The number of esters is 1. The highest BCUT2D eigenvalue weighted by molar-refractivity contribution is 6.35. The Hall–Kier alpha value is -1.52. The van der Waals surface area contributed by atoms with Gasteiger partial charge in [-0.15, -0.1) is 0 Å². The van der Waals surface area contributed by atoms with E-state index >= 15 is 0 Å². The lowest BCUT2D eigenvalue weighted by molar-refractivity contribution is 0.0603. The standard InChI is InChI=1S/C11H11ClN2O2/c1-16-11(15)9-7-2-3-14-10(7)6(5-13)4-8(9)12/h2-4,14H,5,13H2,1H3. The van der Waals surface area contributed by atoms with Gasteiger partial charge in [0.1, 0.15) is 0 Å². The van der Waals surface area contributed by atoms with Crippen molar-refractivity contribution in [2.45, 2.75) is 6.54 Å². The molecule has 0 atom stereocenters. The number of ether oxygens (including phenoxy) is 1. The number of nitrogens with one attached hydrogen (secondary N) is 1. The lowest BCUT2D eigenvalue weighted by Gasteiger charge is -2.07. The number of fused-ring (bicyclic) bond motifs is 1. The Morgan fingerprint density at radius 1 is 1.62 bits per heavy atom. The molecule has 1 aromatic carbocycles. The number of rotatable bonds is 2. The minimum absolute atomic E-state index is 0.359. The zero-order valence-electron chi connectivity index (χ0n) is 8.71. The highest BCUT2D eigenvalue weighted by atomic mass is 35.5. The Bertz CT molecular complexity index is 548. The Kier molecular flexibility index (Phi) is 2.85. The first-order chi connectivity index (χ1) is 7.69. The number of H-pyrrole nitrogens is 1. The van der Waals surface area contributed by atoms with Gasteiger partial charge in [0.2, 0.25) is 0 Å². The summed E-state index contributed by atoms with van der Waals surface area (Å²) in [5.41, 5.74) is 7.68. The van der Waals surface area contributed by atoms with Crippen LogP contribution in [-0.2, 0) is 11.3 Å². The lowest BCUT2D eigenvalue weighted by Crippen LogP contribution is -2.05. The Balaban J connectivity index is 2.79. The van der Waals surface area contributed by atoms with Gasteiger partial charge in [0, 0.05) is 18.1 Å². The molecule has 0 fully saturated rings. The molecule has 0 saturated carbocycles. The van der Waals surface area contributed by atoms with Crippen LogP contribution in [0.25, 0.3) is 10.9 Å². The summed E-state index contributed by atoms with van der Waals surface area (Å²) in [6, 6.07) is 3.47. The van der Waals surface area contributed by atoms with E-state index in [4.69, 9.17) is 22.1 Å². The molecule has 1 aromatic heterocycles. The molecule has 0 bridgehead atoms. The van der Waals surface area contributed by atoms with E-state index in [0.717, 1.165) is 16.5 Å². The van der Waals surface area contributed by atoms with Crippen molar-refractivity contribution in [2.24, 2.45) is 5.73 Å². The fourth-order valence-electron chi connectivity index (χ4n) is 1.74. The molecule has 1 heterocycles. The van der Waals surface area contributed by atoms with Crippen LogP contribution in [0.15, 0.2) is 18.3 Å². The maximum absolute atomic E-state index is 11.6. The average molecular weight is 239 g/mol. The number of hydrogen-bond acceptors (Lipinski definition) is 3. The van der Waals surface area contributed by atoms with E-state index in [0.29, 0.717) is 17.1 Å². The first kappa shape index (κ1) is 11.0. The zero-order valence-corrected chi connectivity index (χ0v) is 9.47. The van der Waals surface area contributed by atoms with E-state index in [2.05, 4.69) is 4.98 Å². The van der Waals surface area contributed by atoms with Crippen molar-refractivity contribution < 1.29 is 9.53 Å². The molecule has 0 aliphatic carbocycles. The van der Waals surface area contributed by atoms with Crippen LogP contribution in [0.5, 0.6) is 0 Å². The second kappa shape index (κ2) is 4.15. The van der Waals surface area contributed by atoms with E-state index in [9.17, 15) is 4.79 Å². The number of carbonyl (C=O) groups excluding carboxylic acids is 1. The molecular formula is C11H11ClN2O2. The van der Waals surface area contributed by atoms with Gasteiger partial charge in [-0.3, -0.25) is 0 Å². The number of hydrogen-bond donors (Lipinski definition) is 2. The zero-order chi connectivity index (χ0) is 11.7. The fraction of sp³-hybridized carbons (Fsp3) is 0.182. The monoisotopic (exact) mass is 238 g/mol. The van der Waals surface area contributed by atoms with Crippen molar-refractivity contribution in [3.05, 3.63) is 34.5 Å². The summed E-state index contributed by atoms with van der Waals surface area (Å²) in [7, 11) is 1.33. The number of aromatic amines is 1. The quantitative estimate of drug-likeness (QED) is 0.787. The van der Waals surface area contributed by atoms with Gasteiger partial charge in [-0.2, -0.15) is 0 Å². The molecule has 5 heteroatoms. The Morgan fingerprint density at radius 3 is 3.00 bits per heavy atom. The van der Waals surface area contributed by atoms with Gasteiger partial charge in [0.15, 0.2) is 0 Å². The molecule has 84 valence electrons. The van der Waals surface area contributed by atoms with Crippen LogP contribution < -0.4 is 5.73 Å². The maximum atomic E-state index is 11.6. The smallest absolute Gasteiger partial charge is 0.340 e. The minimum Gasteiger partial charge on any atom is -0.465 e. The van der Waals surface area contributed by atoms with Gasteiger partial charge in [-0.05, 0) is 17.7 Å². The third kappa shape index (κ3) is 1.56. The van der Waals surface area contributed by atoms with E-state index < -0.39 is 5.97 Å². The Labute approximate surface area is 97.3 Å². The molecule has 0 aliphatic rings. The molecule has 0 unspecified atom stereocenters. The van der Waals surface area contributed by atoms with Gasteiger partial charge in [-0.1, -0.05) is 11.6 Å². The van der Waals surface area contributed by atoms with Crippen LogP contribution >= 0.6 is 11.6 Å². The highest BCUT2D eigenvalue weighted by Crippen LogP contribution is 2.29. The molecule has 2 aromatic rings. The molecule has 0 radical (unpaired) electrons. The molecule has 0 aliphatic heterocycles. The first-order valence-corrected chi connectivity index (χ1v) is 5.13. The summed E-state index contributed by atoms with van der Waals surface area (Å²) >= 11 is 6.05. The second-order valence-corrected chi connectivity index (χ2v) is 3.76. The summed E-state index contributed by atoms with van der Waals surface area (Å²) in [6.45, 7) is 0.359. The average Bonchev–Trinajstić information content (AvgIpc) is 2.75. The van der Waals surface area contributed by atoms with Crippen molar-refractivity contribution in [3.8, 4) is 0 Å². The van der Waals surface area contributed by atoms with Crippen molar-refractivity contribution >= 4 is 28.5 Å². The summed E-state index contributed by atoms with van der Waals surface area (Å²) in [5.74, 6) is -0.446. The van der Waals surface area contributed by atoms with Gasteiger partial charge in [0.05, 0.1) is 23.2 Å². The van der Waals surface area contributed by atoms with Crippen LogP contribution in [-0.4, -0.2) is 18.1 Å². The van der Waals surface area contributed by atoms with Gasteiger partial charge in [-0.25, -0.2) is 4.79 Å². The van der Waals surface area contributed by atoms with Gasteiger partial charge in [0.25, 0.3) is 0 Å². The lowest BCUT2D eigenvalue weighted by atomic mass is 10.1. The topological polar surface area (TPSA) is 68.1 Å². The first-order valence-electron chi connectivity index (χ1n) is 4.76. The predicted molar refractivity (Wildman–Crippen MR) is 62.5 cm³/mol. The number of benzene rings is 1. The predicted octanol–water partition coefficient (Wildman–Crippen LogP) is 2.07. The molecule has 2 rings (SSSR count). The van der Waals surface area contributed by atoms with Crippen LogP contribution in [0.2, 0.25) is 5.02 Å². The van der Waals surface area contributed by atoms with E-state index in [1.165, 1.54) is 7.11 Å². The minimum atomic E-state index is -0.446. The van der Waals surface area contributed by atoms with Gasteiger partial charge >= 0.3 is 5.97 Å². The maximum Gasteiger partial charge on any atom is 0.340 e. The Morgan fingerprint density at radius 2 is 2.38 bits per heavy atom. The SMILES string of the molecule is COC(=O)c1c(Cl)cc(CN)c2[nH]ccc12. The van der Waals surface area contributed by atoms with Crippen molar-refractivity contribution in [1.82, 2.24) is 4.98 Å². The van der Waals surface area contributed by atoms with Crippen molar-refractivity contribution in [3.63, 3.8) is 0 Å². The summed E-state index contributed by atoms with van der Waals surface area (Å²) in [5, 5.41) is 1.10. The number of halogens is 1. The van der Waals surface area contributed by atoms with Crippen LogP contribution in [0.1, 0.15) is 15.9 Å². The summed E-state index contributed by atoms with van der Waals surface area (Å²) in [6.07, 6.45) is 1.74. The third-order valence-corrected chi connectivity index (χ3v) is 2.78. The molecule has 4 nitrogen and oxygen atoms in total. The van der Waals surface area contributed by atoms with Crippen molar-refractivity contribution in [1.29, 1.82) is 0 Å². The molecular weight excluding hydrogens is 228 g/mol. The molecule has 16 heavy (non-hydrogen) atoms. The molecule has 0 saturated heterocycles. The third-order valence-electron chi connectivity index (χ3n) is 2.49. The summed E-state index contributed by atoms with van der Waals surface area (Å²) < 4.78 is 4.70. The molecule has 3 N–H and O–H groups in total. The number of nitrogens with two attached hydrogens (primary N) is 1. The second-order valence-electron chi connectivity index (χ2n) is 3.35. The van der Waals surface area contributed by atoms with Crippen LogP contribution in [0.4, 0.5) is 0 Å². The largest absolute Gasteiger partial charge is 0.465 e. The van der Waals surface area contributed by atoms with Gasteiger partial charge < -0.3 is 15.5 Å². The number of carbonyl (C=O) groups is 1. The van der Waals surface area contributed by atoms with E-state index in [1.807, 2.05) is 0 Å². The molecule has 0 amide bonds. The van der Waals surface area contributed by atoms with Crippen LogP contribution in [0.3, 0.4) is 0 Å². The summed E-state index contributed by atoms with van der Waals surface area (Å²) in [4.78, 5) is 14.6. The van der Waals surface area contributed by atoms with Crippen LogP contribution in [0, 0.1) is 0 Å². The normalized spacial score (nSPS) is 10.7. The highest BCUT2D eigenvalue weighted by Gasteiger charge is 2.17. The number of methoxy groups -OCH3 is 1. The number of aromatic nitrogens is 1. The molecule has 0 spiro atoms.